The predicted molar refractivity (Wildman–Crippen MR) is 294 cm³/mol. The van der Waals surface area contributed by atoms with Gasteiger partial charge in [-0.3, -0.25) is 9.35 Å². The molecule has 1 aliphatic heterocycles. The Balaban J connectivity index is 2.29. The number of rotatable bonds is 52. The molecule has 1 heterocycles. The highest BCUT2D eigenvalue weighted by Crippen LogP contribution is 2.26. The number of allylic oxidation sites excluding steroid dienone is 8. The molecule has 72 heavy (non-hydrogen) atoms. The van der Waals surface area contributed by atoms with Gasteiger partial charge in [0.25, 0.3) is 0 Å². The molecule has 0 bridgehead atoms. The van der Waals surface area contributed by atoms with Gasteiger partial charge in [0.2, 0.25) is 0 Å². The third-order valence-corrected chi connectivity index (χ3v) is 13.9. The molecule has 0 aliphatic carbocycles. The molecular weight excluding hydrogens is 933 g/mol. The monoisotopic (exact) mass is 1040 g/mol. The highest BCUT2D eigenvalue weighted by atomic mass is 32.3. The van der Waals surface area contributed by atoms with Gasteiger partial charge in [-0.2, -0.15) is 8.42 Å². The van der Waals surface area contributed by atoms with Crippen LogP contribution in [0.3, 0.4) is 0 Å². The molecule has 1 rings (SSSR count). The summed E-state index contributed by atoms with van der Waals surface area (Å²) in [5.74, 6) is -0.401. The molecule has 422 valence electrons. The van der Waals surface area contributed by atoms with Crippen molar-refractivity contribution in [2.45, 2.75) is 295 Å². The van der Waals surface area contributed by atoms with Crippen molar-refractivity contribution in [2.75, 3.05) is 26.4 Å². The van der Waals surface area contributed by atoms with Crippen LogP contribution in [-0.2, 0) is 38.3 Å². The van der Waals surface area contributed by atoms with Crippen LogP contribution >= 0.6 is 0 Å². The minimum absolute atomic E-state index is 0.0341. The summed E-state index contributed by atoms with van der Waals surface area (Å²) in [6.07, 6.45) is 54.3. The van der Waals surface area contributed by atoms with E-state index in [9.17, 15) is 33.1 Å². The van der Waals surface area contributed by atoms with Crippen molar-refractivity contribution in [3.05, 3.63) is 48.6 Å². The Morgan fingerprint density at radius 2 is 0.917 bits per heavy atom. The number of carbonyl (C=O) groups is 1. The third-order valence-electron chi connectivity index (χ3n) is 13.4. The Kier molecular flexibility index (Phi) is 47.2. The lowest BCUT2D eigenvalue weighted by molar-refractivity contribution is -0.301. The number of aliphatic hydroxyl groups is 3. The van der Waals surface area contributed by atoms with Crippen molar-refractivity contribution in [3.8, 4) is 0 Å². The zero-order chi connectivity index (χ0) is 52.4. The van der Waals surface area contributed by atoms with E-state index < -0.39 is 59.8 Å². The first-order chi connectivity index (χ1) is 35.1. The van der Waals surface area contributed by atoms with Gasteiger partial charge in [0.05, 0.1) is 19.8 Å². The van der Waals surface area contributed by atoms with E-state index >= 15 is 0 Å². The van der Waals surface area contributed by atoms with Gasteiger partial charge in [-0.25, -0.2) is 4.18 Å². The Morgan fingerprint density at radius 3 is 1.35 bits per heavy atom. The zero-order valence-corrected chi connectivity index (χ0v) is 46.6. The summed E-state index contributed by atoms with van der Waals surface area (Å²) in [4.78, 5) is 13.0. The Bertz CT molecular complexity index is 1430. The molecule has 0 amide bonds. The van der Waals surface area contributed by atoms with E-state index in [-0.39, 0.29) is 19.6 Å². The maximum atomic E-state index is 13.0. The van der Waals surface area contributed by atoms with Crippen molar-refractivity contribution in [2.24, 2.45) is 0 Å². The highest BCUT2D eigenvalue weighted by Gasteiger charge is 2.48. The summed E-state index contributed by atoms with van der Waals surface area (Å²) < 4.78 is 59.4. The van der Waals surface area contributed by atoms with Crippen LogP contribution in [0.2, 0.25) is 0 Å². The van der Waals surface area contributed by atoms with Crippen LogP contribution < -0.4 is 0 Å². The molecule has 0 aromatic rings. The summed E-state index contributed by atoms with van der Waals surface area (Å²) in [6, 6.07) is 0. The lowest BCUT2D eigenvalue weighted by Gasteiger charge is -2.41. The molecule has 1 aliphatic rings. The summed E-state index contributed by atoms with van der Waals surface area (Å²) in [6.45, 7) is 4.01. The first kappa shape index (κ1) is 68.1. The van der Waals surface area contributed by atoms with E-state index in [1.807, 2.05) is 0 Å². The number of carbonyl (C=O) groups excluding carboxylic acids is 1. The van der Waals surface area contributed by atoms with Gasteiger partial charge in [0.1, 0.15) is 30.5 Å². The van der Waals surface area contributed by atoms with E-state index in [0.717, 1.165) is 57.8 Å². The largest absolute Gasteiger partial charge is 0.457 e. The summed E-state index contributed by atoms with van der Waals surface area (Å²) in [5, 5.41) is 30.8. The lowest BCUT2D eigenvalue weighted by Crippen LogP contribution is -2.60. The van der Waals surface area contributed by atoms with E-state index in [1.54, 1.807) is 0 Å². The molecule has 6 unspecified atom stereocenters. The van der Waals surface area contributed by atoms with E-state index in [4.69, 9.17) is 18.9 Å². The average molecular weight is 1040 g/mol. The SMILES string of the molecule is CCCCCCC/C=C\C/C=C\C/C=C\CCCCCCCCCCCCC(=O)OC(COCCCCCCCCCCCC/C=C\CCCCCCCC)COC1OC(CO)C(O)C(OS(=O)(=O)O)C1O. The maximum Gasteiger partial charge on any atom is 0.397 e. The van der Waals surface area contributed by atoms with Crippen LogP contribution in [0, 0.1) is 0 Å². The van der Waals surface area contributed by atoms with Crippen molar-refractivity contribution < 1.29 is 56.2 Å². The van der Waals surface area contributed by atoms with Crippen molar-refractivity contribution in [3.63, 3.8) is 0 Å². The molecule has 0 aromatic carbocycles. The van der Waals surface area contributed by atoms with Gasteiger partial charge in [-0.15, -0.1) is 0 Å². The molecule has 13 heteroatoms. The van der Waals surface area contributed by atoms with Gasteiger partial charge >= 0.3 is 16.4 Å². The van der Waals surface area contributed by atoms with Crippen molar-refractivity contribution >= 4 is 16.4 Å². The Labute approximate surface area is 440 Å². The second kappa shape index (κ2) is 49.9. The van der Waals surface area contributed by atoms with Crippen LogP contribution in [0.15, 0.2) is 48.6 Å². The molecule has 12 nitrogen and oxygen atoms in total. The normalized spacial score (nSPS) is 19.2. The number of esters is 1. The number of ether oxygens (including phenoxy) is 4. The zero-order valence-electron chi connectivity index (χ0n) is 45.7. The van der Waals surface area contributed by atoms with E-state index in [1.165, 1.54) is 173 Å². The number of aliphatic hydroxyl groups excluding tert-OH is 3. The predicted octanol–water partition coefficient (Wildman–Crippen LogP) is 14.6. The van der Waals surface area contributed by atoms with Crippen LogP contribution in [0.25, 0.3) is 0 Å². The molecule has 0 spiro atoms. The van der Waals surface area contributed by atoms with E-state index in [0.29, 0.717) is 13.0 Å². The van der Waals surface area contributed by atoms with E-state index in [2.05, 4.69) is 66.6 Å². The third kappa shape index (κ3) is 42.3. The van der Waals surface area contributed by atoms with Gasteiger partial charge in [-0.1, -0.05) is 223 Å². The molecular formula is C59H108O12S. The minimum atomic E-state index is -5.07. The number of hydrogen-bond donors (Lipinski definition) is 4. The first-order valence-electron chi connectivity index (χ1n) is 29.4. The standard InChI is InChI=1S/C59H108O12S/c1-3-5-7-9-11-13-15-17-19-21-23-25-26-27-28-29-30-32-34-36-38-40-42-44-46-48-55(61)69-53(52-68-59-57(63)58(71-72(64,65)66)56(62)54(50-60)70-59)51-67-49-47-45-43-41-39-37-35-33-31-24-22-20-18-16-14-12-10-8-6-4-2/h15,17-18,20-21,23,26-27,53-54,56-60,62-63H,3-14,16,19,22,24-25,28-52H2,1-2H3,(H,64,65,66)/b17-15-,20-18-,23-21-,27-26-. The van der Waals surface area contributed by atoms with Gasteiger partial charge in [0.15, 0.2) is 6.29 Å². The summed E-state index contributed by atoms with van der Waals surface area (Å²) in [5.41, 5.74) is 0. The van der Waals surface area contributed by atoms with Crippen LogP contribution in [-0.4, -0.2) is 97.5 Å². The smallest absolute Gasteiger partial charge is 0.397 e. The Morgan fingerprint density at radius 1 is 0.528 bits per heavy atom. The quantitative estimate of drug-likeness (QED) is 0.0196. The molecule has 0 aromatic heterocycles. The molecule has 0 saturated carbocycles. The fourth-order valence-corrected chi connectivity index (χ4v) is 9.48. The van der Waals surface area contributed by atoms with Gasteiger partial charge in [0, 0.05) is 13.0 Å². The minimum Gasteiger partial charge on any atom is -0.457 e. The van der Waals surface area contributed by atoms with Gasteiger partial charge in [-0.05, 0) is 77.0 Å². The second-order valence-corrected chi connectivity index (χ2v) is 21.3. The topological polar surface area (TPSA) is 178 Å². The number of unbranched alkanes of at least 4 members (excludes halogenated alkanes) is 31. The molecule has 1 fully saturated rings. The fourth-order valence-electron chi connectivity index (χ4n) is 8.97. The maximum absolute atomic E-state index is 13.0. The highest BCUT2D eigenvalue weighted by molar-refractivity contribution is 7.80. The van der Waals surface area contributed by atoms with Crippen LogP contribution in [0.5, 0.6) is 0 Å². The molecule has 6 atom stereocenters. The molecule has 0 radical (unpaired) electrons. The summed E-state index contributed by atoms with van der Waals surface area (Å²) in [7, 11) is -5.07. The number of hydrogen-bond acceptors (Lipinski definition) is 11. The lowest BCUT2D eigenvalue weighted by atomic mass is 9.99. The second-order valence-electron chi connectivity index (χ2n) is 20.2. The Hall–Kier alpha value is -1.94. The van der Waals surface area contributed by atoms with Gasteiger partial charge < -0.3 is 34.3 Å². The van der Waals surface area contributed by atoms with Crippen molar-refractivity contribution in [1.29, 1.82) is 0 Å². The van der Waals surface area contributed by atoms with Crippen molar-refractivity contribution in [1.82, 2.24) is 0 Å². The van der Waals surface area contributed by atoms with Crippen LogP contribution in [0.1, 0.15) is 258 Å². The fraction of sp³-hybridized carbons (Fsp3) is 0.847. The average Bonchev–Trinajstić information content (AvgIpc) is 3.36. The summed E-state index contributed by atoms with van der Waals surface area (Å²) >= 11 is 0. The van der Waals surface area contributed by atoms with Crippen LogP contribution in [0.4, 0.5) is 0 Å². The molecule has 1 saturated heterocycles. The first-order valence-corrected chi connectivity index (χ1v) is 30.8. The molecule has 4 N–H and O–H groups in total.